The zero-order valence-electron chi connectivity index (χ0n) is 19.0. The second-order valence-corrected chi connectivity index (χ2v) is 9.42. The number of hydrogen-bond acceptors (Lipinski definition) is 5. The van der Waals surface area contributed by atoms with E-state index in [9.17, 15) is 14.0 Å². The molecule has 2 aliphatic rings. The summed E-state index contributed by atoms with van der Waals surface area (Å²) in [4.78, 5) is 37.6. The second-order valence-electron chi connectivity index (χ2n) is 8.25. The van der Waals surface area contributed by atoms with Crippen molar-refractivity contribution in [3.63, 3.8) is 0 Å². The number of benzene rings is 3. The molecule has 2 amide bonds. The van der Waals surface area contributed by atoms with E-state index in [2.05, 4.69) is 5.32 Å². The first-order valence-corrected chi connectivity index (χ1v) is 12.3. The first-order chi connectivity index (χ1) is 17.0. The van der Waals surface area contributed by atoms with Crippen molar-refractivity contribution < 1.29 is 14.0 Å². The van der Waals surface area contributed by atoms with Crippen molar-refractivity contribution in [1.29, 1.82) is 0 Å². The lowest BCUT2D eigenvalue weighted by molar-refractivity contribution is -0.124. The number of carbonyl (C=O) groups is 2. The van der Waals surface area contributed by atoms with Gasteiger partial charge >= 0.3 is 0 Å². The number of halogens is 1. The van der Waals surface area contributed by atoms with Gasteiger partial charge in [-0.25, -0.2) is 14.3 Å². The lowest BCUT2D eigenvalue weighted by Gasteiger charge is -2.27. The number of carbonyl (C=O) groups excluding carboxylic acids is 2. The molecule has 1 N–H and O–H groups in total. The number of thioether (sulfide) groups is 1. The molecule has 8 heteroatoms. The van der Waals surface area contributed by atoms with Gasteiger partial charge in [0.25, 0.3) is 5.91 Å². The number of nitrogens with one attached hydrogen (secondary N) is 1. The van der Waals surface area contributed by atoms with Gasteiger partial charge in [-0.15, -0.1) is 0 Å². The number of rotatable bonds is 6. The van der Waals surface area contributed by atoms with Gasteiger partial charge in [-0.1, -0.05) is 61.2 Å². The Labute approximate surface area is 207 Å². The predicted octanol–water partition coefficient (Wildman–Crippen LogP) is 5.18. The normalized spacial score (nSPS) is 17.3. The minimum Gasteiger partial charge on any atom is -0.325 e. The highest BCUT2D eigenvalue weighted by Gasteiger charge is 2.42. The van der Waals surface area contributed by atoms with Crippen LogP contribution < -0.4 is 5.32 Å². The van der Waals surface area contributed by atoms with Crippen LogP contribution in [0.5, 0.6) is 0 Å². The van der Waals surface area contributed by atoms with Crippen LogP contribution in [-0.4, -0.2) is 39.0 Å². The van der Waals surface area contributed by atoms with E-state index in [-0.39, 0.29) is 17.6 Å². The van der Waals surface area contributed by atoms with E-state index in [1.54, 1.807) is 4.90 Å². The Balaban J connectivity index is 1.42. The molecule has 0 bridgehead atoms. The van der Waals surface area contributed by atoms with Crippen LogP contribution in [0.25, 0.3) is 0 Å². The fraction of sp³-hybridized carbons (Fsp3) is 0.185. The molecule has 2 aliphatic heterocycles. The van der Waals surface area contributed by atoms with E-state index in [1.165, 1.54) is 36.0 Å². The molecule has 2 atom stereocenters. The Morgan fingerprint density at radius 2 is 1.77 bits per heavy atom. The van der Waals surface area contributed by atoms with Crippen molar-refractivity contribution in [3.8, 4) is 0 Å². The van der Waals surface area contributed by atoms with Gasteiger partial charge in [0.2, 0.25) is 5.91 Å². The maximum Gasteiger partial charge on any atom is 0.259 e. The van der Waals surface area contributed by atoms with Crippen molar-refractivity contribution in [2.45, 2.75) is 31.1 Å². The number of aliphatic imine (C=N–C) groups is 2. The summed E-state index contributed by atoms with van der Waals surface area (Å²) in [5, 5.41) is 2.75. The molecule has 6 nitrogen and oxygen atoms in total. The summed E-state index contributed by atoms with van der Waals surface area (Å²) in [6.45, 7) is 1.90. The van der Waals surface area contributed by atoms with Gasteiger partial charge < -0.3 is 5.32 Å². The zero-order chi connectivity index (χ0) is 24.4. The van der Waals surface area contributed by atoms with E-state index in [0.29, 0.717) is 35.2 Å². The highest BCUT2D eigenvalue weighted by atomic mass is 32.2. The van der Waals surface area contributed by atoms with Crippen LogP contribution in [0.4, 0.5) is 15.8 Å². The fourth-order valence-corrected chi connectivity index (χ4v) is 5.08. The Morgan fingerprint density at radius 3 is 2.51 bits per heavy atom. The predicted molar refractivity (Wildman–Crippen MR) is 138 cm³/mol. The lowest BCUT2D eigenvalue weighted by atomic mass is 10.1. The Hall–Kier alpha value is -3.78. The summed E-state index contributed by atoms with van der Waals surface area (Å²) in [6, 6.07) is 22.4. The summed E-state index contributed by atoms with van der Waals surface area (Å²) in [5.41, 5.74) is 3.05. The minimum absolute atomic E-state index is 0.154. The fourth-order valence-electron chi connectivity index (χ4n) is 4.06. The van der Waals surface area contributed by atoms with Crippen molar-refractivity contribution >= 4 is 46.0 Å². The van der Waals surface area contributed by atoms with Crippen molar-refractivity contribution in [2.24, 2.45) is 9.98 Å². The average Bonchev–Trinajstić information content (AvgIpc) is 3.20. The van der Waals surface area contributed by atoms with Crippen molar-refractivity contribution in [1.82, 2.24) is 4.90 Å². The van der Waals surface area contributed by atoms with Gasteiger partial charge in [0.1, 0.15) is 17.7 Å². The Morgan fingerprint density at radius 1 is 1.06 bits per heavy atom. The van der Waals surface area contributed by atoms with Gasteiger partial charge in [-0.2, -0.15) is 0 Å². The van der Waals surface area contributed by atoms with E-state index < -0.39 is 11.3 Å². The zero-order valence-corrected chi connectivity index (χ0v) is 19.8. The van der Waals surface area contributed by atoms with Crippen molar-refractivity contribution in [3.05, 3.63) is 95.8 Å². The molecule has 0 aliphatic carbocycles. The molecule has 2 heterocycles. The van der Waals surface area contributed by atoms with Gasteiger partial charge in [0.15, 0.2) is 5.17 Å². The van der Waals surface area contributed by atoms with E-state index >= 15 is 0 Å². The average molecular weight is 487 g/mol. The maximum absolute atomic E-state index is 13.5. The quantitative estimate of drug-likeness (QED) is 0.522. The van der Waals surface area contributed by atoms with Gasteiger partial charge in [0, 0.05) is 17.7 Å². The third-order valence-electron chi connectivity index (χ3n) is 5.84. The summed E-state index contributed by atoms with van der Waals surface area (Å²) in [5.74, 6) is -0.197. The molecule has 0 radical (unpaired) electrons. The topological polar surface area (TPSA) is 74.1 Å². The number of amides is 2. The summed E-state index contributed by atoms with van der Waals surface area (Å²) in [7, 11) is 0. The van der Waals surface area contributed by atoms with Crippen LogP contribution in [0.15, 0.2) is 88.8 Å². The number of amidine groups is 2. The maximum atomic E-state index is 13.5. The molecular formula is C27H23FN4O2S. The lowest BCUT2D eigenvalue weighted by Crippen LogP contribution is -2.42. The molecule has 0 fully saturated rings. The third kappa shape index (κ3) is 4.74. The number of para-hydroxylation sites is 1. The smallest absolute Gasteiger partial charge is 0.259 e. The first-order valence-electron chi connectivity index (χ1n) is 11.4. The summed E-state index contributed by atoms with van der Waals surface area (Å²) >= 11 is 1.24. The number of hydrogen-bond donors (Lipinski definition) is 1. The molecule has 0 saturated heterocycles. The standard InChI is InChI=1S/C27H23FN4O2S/c1-2-23(25(33)29-19-14-12-18(28)13-15-19)35-27-31-21-11-7-6-10-20(21)24-30-22(26(34)32(24)27)16-17-8-4-3-5-9-17/h3-15,22-23H,2,16H2,1H3,(H,29,33)/t22-,23-/m1/s1. The Kier molecular flexibility index (Phi) is 6.46. The molecule has 0 aromatic heterocycles. The van der Waals surface area contributed by atoms with E-state index in [1.807, 2.05) is 61.5 Å². The second kappa shape index (κ2) is 9.84. The van der Waals surface area contributed by atoms with Crippen LogP contribution in [0.1, 0.15) is 24.5 Å². The highest BCUT2D eigenvalue weighted by molar-refractivity contribution is 8.15. The summed E-state index contributed by atoms with van der Waals surface area (Å²) < 4.78 is 13.2. The van der Waals surface area contributed by atoms with E-state index in [4.69, 9.17) is 9.98 Å². The molecule has 35 heavy (non-hydrogen) atoms. The Bertz CT molecular complexity index is 1320. The molecule has 0 spiro atoms. The molecule has 0 unspecified atom stereocenters. The monoisotopic (exact) mass is 486 g/mol. The van der Waals surface area contributed by atoms with Gasteiger partial charge in [-0.3, -0.25) is 14.6 Å². The van der Waals surface area contributed by atoms with Crippen LogP contribution in [0, 0.1) is 5.82 Å². The van der Waals surface area contributed by atoms with Crippen molar-refractivity contribution in [2.75, 3.05) is 5.32 Å². The highest BCUT2D eigenvalue weighted by Crippen LogP contribution is 2.36. The molecule has 5 rings (SSSR count). The molecule has 3 aromatic rings. The number of nitrogens with zero attached hydrogens (tertiary/aromatic N) is 3. The van der Waals surface area contributed by atoms with Crippen LogP contribution in [0.3, 0.4) is 0 Å². The molecule has 176 valence electrons. The SMILES string of the molecule is CC[C@@H](SC1=Nc2ccccc2C2=N[C@H](Cc3ccccc3)C(=O)N12)C(=O)Nc1ccc(F)cc1. The van der Waals surface area contributed by atoms with Gasteiger partial charge in [0.05, 0.1) is 10.9 Å². The number of anilines is 1. The summed E-state index contributed by atoms with van der Waals surface area (Å²) in [6.07, 6.45) is 1.00. The van der Waals surface area contributed by atoms with Crippen LogP contribution in [-0.2, 0) is 16.0 Å². The molecular weight excluding hydrogens is 463 g/mol. The third-order valence-corrected chi connectivity index (χ3v) is 7.16. The first kappa shape index (κ1) is 23.0. The van der Waals surface area contributed by atoms with E-state index in [0.717, 1.165) is 11.1 Å². The largest absolute Gasteiger partial charge is 0.325 e. The molecule has 0 saturated carbocycles. The van der Waals surface area contributed by atoms with Crippen LogP contribution >= 0.6 is 11.8 Å². The van der Waals surface area contributed by atoms with Gasteiger partial charge in [-0.05, 0) is 48.4 Å². The van der Waals surface area contributed by atoms with Crippen LogP contribution in [0.2, 0.25) is 0 Å². The minimum atomic E-state index is -0.558. The number of fused-ring (bicyclic) bond motifs is 3. The molecule has 3 aromatic carbocycles.